The maximum Gasteiger partial charge on any atom is 0.127 e. The molecule has 1 aliphatic heterocycles. The normalized spacial score (nSPS) is 24.4. The molecule has 2 unspecified atom stereocenters. The Labute approximate surface area is 122 Å². The standard InChI is InChI=1S/C15H18ClFN2O/c1-10(16)14-18-12-8-11(17)4-5-13(12)19(14)9-15(2)6-3-7-20-15/h4-5,8,10H,3,6-7,9H2,1-2H3. The molecular formula is C15H18ClFN2O. The van der Waals surface area contributed by atoms with Gasteiger partial charge in [0.25, 0.3) is 0 Å². The molecular weight excluding hydrogens is 279 g/mol. The number of ether oxygens (including phenoxy) is 1. The zero-order valence-electron chi connectivity index (χ0n) is 11.7. The van der Waals surface area contributed by atoms with Gasteiger partial charge in [0.2, 0.25) is 0 Å². The molecule has 108 valence electrons. The summed E-state index contributed by atoms with van der Waals surface area (Å²) >= 11 is 6.23. The summed E-state index contributed by atoms with van der Waals surface area (Å²) in [5.74, 6) is 0.489. The maximum absolute atomic E-state index is 13.4. The summed E-state index contributed by atoms with van der Waals surface area (Å²) in [6.07, 6.45) is 2.09. The molecule has 5 heteroatoms. The van der Waals surface area contributed by atoms with E-state index < -0.39 is 0 Å². The summed E-state index contributed by atoms with van der Waals surface area (Å²) in [4.78, 5) is 4.48. The van der Waals surface area contributed by atoms with Gasteiger partial charge in [0.05, 0.1) is 28.6 Å². The number of fused-ring (bicyclic) bond motifs is 1. The van der Waals surface area contributed by atoms with Crippen molar-refractivity contribution in [2.75, 3.05) is 6.61 Å². The summed E-state index contributed by atoms with van der Waals surface area (Å²) in [5, 5.41) is -0.226. The lowest BCUT2D eigenvalue weighted by molar-refractivity contribution is 0.00649. The number of hydrogen-bond donors (Lipinski definition) is 0. The topological polar surface area (TPSA) is 27.1 Å². The zero-order chi connectivity index (χ0) is 14.3. The van der Waals surface area contributed by atoms with Gasteiger partial charge < -0.3 is 9.30 Å². The molecule has 0 amide bonds. The van der Waals surface area contributed by atoms with Crippen molar-refractivity contribution >= 4 is 22.6 Å². The molecule has 0 radical (unpaired) electrons. The fourth-order valence-corrected chi connectivity index (χ4v) is 3.05. The monoisotopic (exact) mass is 296 g/mol. The lowest BCUT2D eigenvalue weighted by atomic mass is 10.0. The number of hydrogen-bond acceptors (Lipinski definition) is 2. The van der Waals surface area contributed by atoms with Crippen molar-refractivity contribution in [3.63, 3.8) is 0 Å². The molecule has 0 bridgehead atoms. The molecule has 3 nitrogen and oxygen atoms in total. The highest BCUT2D eigenvalue weighted by Gasteiger charge is 2.32. The van der Waals surface area contributed by atoms with Crippen LogP contribution in [0.3, 0.4) is 0 Å². The van der Waals surface area contributed by atoms with Gasteiger partial charge in [0.1, 0.15) is 11.6 Å². The van der Waals surface area contributed by atoms with Crippen LogP contribution in [0.25, 0.3) is 11.0 Å². The molecule has 20 heavy (non-hydrogen) atoms. The molecule has 1 fully saturated rings. The second-order valence-corrected chi connectivity index (χ2v) is 6.36. The van der Waals surface area contributed by atoms with Crippen LogP contribution in [-0.2, 0) is 11.3 Å². The van der Waals surface area contributed by atoms with Crippen LogP contribution in [0.2, 0.25) is 0 Å². The maximum atomic E-state index is 13.4. The first-order valence-corrected chi connectivity index (χ1v) is 7.36. The van der Waals surface area contributed by atoms with Crippen LogP contribution >= 0.6 is 11.6 Å². The fourth-order valence-electron chi connectivity index (χ4n) is 2.89. The average Bonchev–Trinajstić information content (AvgIpc) is 2.94. The van der Waals surface area contributed by atoms with E-state index in [4.69, 9.17) is 16.3 Å². The summed E-state index contributed by atoms with van der Waals surface area (Å²) in [7, 11) is 0. The third kappa shape index (κ3) is 2.42. The number of halogens is 2. The lowest BCUT2D eigenvalue weighted by Crippen LogP contribution is -2.30. The van der Waals surface area contributed by atoms with Crippen molar-refractivity contribution in [3.8, 4) is 0 Å². The molecule has 1 saturated heterocycles. The van der Waals surface area contributed by atoms with Gasteiger partial charge in [-0.2, -0.15) is 0 Å². The lowest BCUT2D eigenvalue weighted by Gasteiger charge is -2.25. The van der Waals surface area contributed by atoms with E-state index in [0.717, 1.165) is 30.8 Å². The van der Waals surface area contributed by atoms with Crippen LogP contribution in [0.4, 0.5) is 4.39 Å². The van der Waals surface area contributed by atoms with E-state index >= 15 is 0 Å². The van der Waals surface area contributed by atoms with Gasteiger partial charge in [-0.3, -0.25) is 0 Å². The molecule has 2 heterocycles. The smallest absolute Gasteiger partial charge is 0.127 e. The number of aromatic nitrogens is 2. The molecule has 1 aliphatic rings. The van der Waals surface area contributed by atoms with Crippen LogP contribution in [0.5, 0.6) is 0 Å². The summed E-state index contributed by atoms with van der Waals surface area (Å²) in [5.41, 5.74) is 1.36. The first-order chi connectivity index (χ1) is 9.48. The molecule has 2 aromatic rings. The highest BCUT2D eigenvalue weighted by Crippen LogP contribution is 2.32. The largest absolute Gasteiger partial charge is 0.373 e. The minimum absolute atomic E-state index is 0.192. The van der Waals surface area contributed by atoms with Crippen molar-refractivity contribution in [2.24, 2.45) is 0 Å². The minimum Gasteiger partial charge on any atom is -0.373 e. The third-order valence-corrected chi connectivity index (χ3v) is 4.08. The van der Waals surface area contributed by atoms with Crippen LogP contribution in [0.15, 0.2) is 18.2 Å². The van der Waals surface area contributed by atoms with E-state index in [9.17, 15) is 4.39 Å². The van der Waals surface area contributed by atoms with Gasteiger partial charge in [-0.1, -0.05) is 0 Å². The van der Waals surface area contributed by atoms with Crippen molar-refractivity contribution in [1.29, 1.82) is 0 Å². The van der Waals surface area contributed by atoms with Crippen molar-refractivity contribution in [1.82, 2.24) is 9.55 Å². The molecule has 3 rings (SSSR count). The SMILES string of the molecule is CC(Cl)c1nc2cc(F)ccc2n1CC1(C)CCCO1. The predicted molar refractivity (Wildman–Crippen MR) is 77.6 cm³/mol. The van der Waals surface area contributed by atoms with Gasteiger partial charge in [-0.15, -0.1) is 11.6 Å². The Hall–Kier alpha value is -1.13. The van der Waals surface area contributed by atoms with Crippen molar-refractivity contribution in [3.05, 3.63) is 29.8 Å². The average molecular weight is 297 g/mol. The van der Waals surface area contributed by atoms with E-state index in [1.165, 1.54) is 12.1 Å². The molecule has 2 atom stereocenters. The highest BCUT2D eigenvalue weighted by molar-refractivity contribution is 6.20. The van der Waals surface area contributed by atoms with E-state index in [2.05, 4.69) is 16.5 Å². The Balaban J connectivity index is 2.09. The Morgan fingerprint density at radius 2 is 2.35 bits per heavy atom. The summed E-state index contributed by atoms with van der Waals surface area (Å²) in [6.45, 7) is 5.48. The summed E-state index contributed by atoms with van der Waals surface area (Å²) in [6, 6.07) is 4.67. The molecule has 0 aliphatic carbocycles. The number of benzene rings is 1. The number of nitrogens with zero attached hydrogens (tertiary/aromatic N) is 2. The van der Waals surface area contributed by atoms with Crippen LogP contribution < -0.4 is 0 Å². The first kappa shape index (κ1) is 13.8. The Bertz CT molecular complexity index is 632. The zero-order valence-corrected chi connectivity index (χ0v) is 12.5. The van der Waals surface area contributed by atoms with E-state index in [1.54, 1.807) is 6.07 Å². The second-order valence-electron chi connectivity index (χ2n) is 5.71. The number of rotatable bonds is 3. The van der Waals surface area contributed by atoms with Crippen molar-refractivity contribution in [2.45, 2.75) is 44.2 Å². The van der Waals surface area contributed by atoms with Crippen LogP contribution in [0, 0.1) is 5.82 Å². The minimum atomic E-state index is -0.278. The van der Waals surface area contributed by atoms with Crippen LogP contribution in [-0.4, -0.2) is 21.8 Å². The van der Waals surface area contributed by atoms with Gasteiger partial charge in [0.15, 0.2) is 0 Å². The quantitative estimate of drug-likeness (QED) is 0.799. The Morgan fingerprint density at radius 3 is 3.00 bits per heavy atom. The predicted octanol–water partition coefficient (Wildman–Crippen LogP) is 4.04. The third-order valence-electron chi connectivity index (χ3n) is 3.89. The van der Waals surface area contributed by atoms with Gasteiger partial charge >= 0.3 is 0 Å². The van der Waals surface area contributed by atoms with Crippen molar-refractivity contribution < 1.29 is 9.13 Å². The Kier molecular flexibility index (Phi) is 3.46. The first-order valence-electron chi connectivity index (χ1n) is 6.92. The molecule has 1 aromatic heterocycles. The molecule has 1 aromatic carbocycles. The van der Waals surface area contributed by atoms with Gasteiger partial charge in [-0.05, 0) is 38.8 Å². The second kappa shape index (κ2) is 5.01. The van der Waals surface area contributed by atoms with Gasteiger partial charge in [-0.25, -0.2) is 9.37 Å². The molecule has 0 N–H and O–H groups in total. The molecule has 0 saturated carbocycles. The fraction of sp³-hybridized carbons (Fsp3) is 0.533. The van der Waals surface area contributed by atoms with Gasteiger partial charge in [0, 0.05) is 12.7 Å². The Morgan fingerprint density at radius 1 is 1.55 bits per heavy atom. The van der Waals surface area contributed by atoms with E-state index in [-0.39, 0.29) is 16.8 Å². The highest BCUT2D eigenvalue weighted by atomic mass is 35.5. The van der Waals surface area contributed by atoms with Crippen LogP contribution in [0.1, 0.15) is 37.9 Å². The summed E-state index contributed by atoms with van der Waals surface area (Å²) < 4.78 is 21.3. The van der Waals surface area contributed by atoms with E-state index in [1.807, 2.05) is 6.92 Å². The molecule has 0 spiro atoms. The number of alkyl halides is 1. The van der Waals surface area contributed by atoms with E-state index in [0.29, 0.717) is 12.1 Å². The number of imidazole rings is 1.